The molecule has 0 saturated carbocycles. The van der Waals surface area contributed by atoms with E-state index in [9.17, 15) is 4.79 Å². The lowest BCUT2D eigenvalue weighted by atomic mass is 10.1. The zero-order chi connectivity index (χ0) is 12.1. The Morgan fingerprint density at radius 2 is 2.19 bits per heavy atom. The van der Waals surface area contributed by atoms with Gasteiger partial charge in [-0.15, -0.1) is 0 Å². The molecule has 2 N–H and O–H groups in total. The van der Waals surface area contributed by atoms with Gasteiger partial charge in [-0.05, 0) is 20.8 Å². The van der Waals surface area contributed by atoms with Gasteiger partial charge >= 0.3 is 0 Å². The first kappa shape index (κ1) is 12.7. The first-order chi connectivity index (χ1) is 7.56. The Morgan fingerprint density at radius 1 is 1.50 bits per heavy atom. The molecule has 1 heterocycles. The highest BCUT2D eigenvalue weighted by atomic mass is 16.5. The number of hydrogen-bond donors (Lipinski definition) is 2. The van der Waals surface area contributed by atoms with E-state index in [1.807, 2.05) is 20.8 Å². The lowest BCUT2D eigenvalue weighted by Gasteiger charge is -2.12. The predicted molar refractivity (Wildman–Crippen MR) is 61.1 cm³/mol. The topological polar surface area (TPSA) is 67.2 Å². The lowest BCUT2D eigenvalue weighted by Crippen LogP contribution is -2.26. The number of hydrogen-bond acceptors (Lipinski definition) is 4. The standard InChI is InChI=1S/C11H19N3O2/c1-7(13-6-5-10(15)12-4)11-8(2)14-16-9(11)3/h7,13H,5-6H2,1-4H3,(H,12,15). The second-order valence-corrected chi connectivity index (χ2v) is 3.84. The number of aromatic nitrogens is 1. The molecule has 0 aliphatic carbocycles. The number of nitrogens with one attached hydrogen (secondary N) is 2. The van der Waals surface area contributed by atoms with Crippen LogP contribution in [0.3, 0.4) is 0 Å². The molecule has 0 fully saturated rings. The van der Waals surface area contributed by atoms with Gasteiger partial charge in [-0.25, -0.2) is 0 Å². The molecule has 0 aliphatic heterocycles. The molecule has 0 aromatic carbocycles. The highest BCUT2D eigenvalue weighted by Crippen LogP contribution is 2.20. The van der Waals surface area contributed by atoms with E-state index in [2.05, 4.69) is 15.8 Å². The molecule has 0 aliphatic rings. The van der Waals surface area contributed by atoms with Crippen LogP contribution in [0.15, 0.2) is 4.52 Å². The Hall–Kier alpha value is -1.36. The minimum Gasteiger partial charge on any atom is -0.361 e. The summed E-state index contributed by atoms with van der Waals surface area (Å²) in [5, 5.41) is 9.76. The largest absolute Gasteiger partial charge is 0.361 e. The van der Waals surface area contributed by atoms with Crippen molar-refractivity contribution in [3.63, 3.8) is 0 Å². The van der Waals surface area contributed by atoms with Gasteiger partial charge < -0.3 is 15.2 Å². The van der Waals surface area contributed by atoms with Crippen LogP contribution in [0.5, 0.6) is 0 Å². The highest BCUT2D eigenvalue weighted by molar-refractivity contribution is 5.75. The van der Waals surface area contributed by atoms with Gasteiger partial charge in [-0.1, -0.05) is 5.16 Å². The van der Waals surface area contributed by atoms with Gasteiger partial charge in [0, 0.05) is 31.6 Å². The molecule has 1 atom stereocenters. The maximum Gasteiger partial charge on any atom is 0.221 e. The quantitative estimate of drug-likeness (QED) is 0.787. The number of carbonyl (C=O) groups excluding carboxylic acids is 1. The van der Waals surface area contributed by atoms with E-state index >= 15 is 0 Å². The van der Waals surface area contributed by atoms with Crippen LogP contribution in [0.4, 0.5) is 0 Å². The molecule has 1 aromatic heterocycles. The Labute approximate surface area is 95.6 Å². The van der Waals surface area contributed by atoms with E-state index < -0.39 is 0 Å². The lowest BCUT2D eigenvalue weighted by molar-refractivity contribution is -0.120. The average molecular weight is 225 g/mol. The van der Waals surface area contributed by atoms with Gasteiger partial charge in [-0.2, -0.15) is 0 Å². The molecule has 90 valence electrons. The van der Waals surface area contributed by atoms with Gasteiger partial charge in [-0.3, -0.25) is 4.79 Å². The van der Waals surface area contributed by atoms with Gasteiger partial charge in [0.25, 0.3) is 0 Å². The first-order valence-corrected chi connectivity index (χ1v) is 5.43. The van der Waals surface area contributed by atoms with E-state index in [0.717, 1.165) is 17.0 Å². The van der Waals surface area contributed by atoms with Crippen molar-refractivity contribution in [2.45, 2.75) is 33.2 Å². The first-order valence-electron chi connectivity index (χ1n) is 5.43. The summed E-state index contributed by atoms with van der Waals surface area (Å²) >= 11 is 0. The van der Waals surface area contributed by atoms with E-state index in [4.69, 9.17) is 4.52 Å². The molecule has 5 heteroatoms. The fraction of sp³-hybridized carbons (Fsp3) is 0.636. The monoisotopic (exact) mass is 225 g/mol. The third kappa shape index (κ3) is 3.06. The SMILES string of the molecule is CNC(=O)CCNC(C)c1c(C)noc1C. The number of aryl methyl sites for hydroxylation is 2. The third-order valence-corrected chi connectivity index (χ3v) is 2.60. The second-order valence-electron chi connectivity index (χ2n) is 3.84. The zero-order valence-corrected chi connectivity index (χ0v) is 10.3. The maximum atomic E-state index is 11.0. The van der Waals surface area contributed by atoms with Crippen LogP contribution in [0.25, 0.3) is 0 Å². The molecular weight excluding hydrogens is 206 g/mol. The fourth-order valence-corrected chi connectivity index (χ4v) is 1.74. The maximum absolute atomic E-state index is 11.0. The van der Waals surface area contributed by atoms with Crippen LogP contribution >= 0.6 is 0 Å². The Balaban J connectivity index is 2.47. The summed E-state index contributed by atoms with van der Waals surface area (Å²) in [6, 6.07) is 0.149. The van der Waals surface area contributed by atoms with Gasteiger partial charge in [0.05, 0.1) is 5.69 Å². The van der Waals surface area contributed by atoms with Gasteiger partial charge in [0.1, 0.15) is 5.76 Å². The van der Waals surface area contributed by atoms with Crippen molar-refractivity contribution in [3.8, 4) is 0 Å². The van der Waals surface area contributed by atoms with Gasteiger partial charge in [0.2, 0.25) is 5.91 Å². The molecule has 1 amide bonds. The van der Waals surface area contributed by atoms with E-state index in [1.54, 1.807) is 7.05 Å². The van der Waals surface area contributed by atoms with Crippen LogP contribution in [0.1, 0.15) is 36.4 Å². The summed E-state index contributed by atoms with van der Waals surface area (Å²) in [5.41, 5.74) is 1.98. The Morgan fingerprint density at radius 3 is 2.69 bits per heavy atom. The zero-order valence-electron chi connectivity index (χ0n) is 10.3. The molecule has 0 saturated heterocycles. The molecule has 1 unspecified atom stereocenters. The number of nitrogens with zero attached hydrogens (tertiary/aromatic N) is 1. The summed E-state index contributed by atoms with van der Waals surface area (Å²) in [4.78, 5) is 11.0. The van der Waals surface area contributed by atoms with Crippen LogP contribution in [-0.4, -0.2) is 24.7 Å². The van der Waals surface area contributed by atoms with Crippen molar-refractivity contribution in [3.05, 3.63) is 17.0 Å². The molecule has 0 spiro atoms. The Bertz CT molecular complexity index is 341. The predicted octanol–water partition coefficient (Wildman–Crippen LogP) is 1.08. The van der Waals surface area contributed by atoms with Gasteiger partial charge in [0.15, 0.2) is 0 Å². The normalized spacial score (nSPS) is 12.5. The summed E-state index contributed by atoms with van der Waals surface area (Å²) in [6.45, 7) is 6.50. The fourth-order valence-electron chi connectivity index (χ4n) is 1.74. The third-order valence-electron chi connectivity index (χ3n) is 2.60. The van der Waals surface area contributed by atoms with Crippen LogP contribution < -0.4 is 10.6 Å². The summed E-state index contributed by atoms with van der Waals surface area (Å²) in [7, 11) is 1.64. The highest BCUT2D eigenvalue weighted by Gasteiger charge is 2.15. The second kappa shape index (κ2) is 5.65. The molecule has 16 heavy (non-hydrogen) atoms. The van der Waals surface area contributed by atoms with E-state index in [1.165, 1.54) is 0 Å². The van der Waals surface area contributed by atoms with Crippen molar-refractivity contribution in [2.24, 2.45) is 0 Å². The van der Waals surface area contributed by atoms with Crippen molar-refractivity contribution in [2.75, 3.05) is 13.6 Å². The molecule has 1 rings (SSSR count). The van der Waals surface area contributed by atoms with Crippen molar-refractivity contribution in [1.29, 1.82) is 0 Å². The summed E-state index contributed by atoms with van der Waals surface area (Å²) in [6.07, 6.45) is 0.476. The average Bonchev–Trinajstić information content (AvgIpc) is 2.58. The number of carbonyl (C=O) groups is 1. The smallest absolute Gasteiger partial charge is 0.221 e. The Kier molecular flexibility index (Phi) is 4.49. The minimum atomic E-state index is 0.0402. The van der Waals surface area contributed by atoms with Crippen LogP contribution in [0.2, 0.25) is 0 Å². The summed E-state index contributed by atoms with van der Waals surface area (Å²) in [5.74, 6) is 0.871. The van der Waals surface area contributed by atoms with Crippen molar-refractivity contribution in [1.82, 2.24) is 15.8 Å². The van der Waals surface area contributed by atoms with Crippen molar-refractivity contribution < 1.29 is 9.32 Å². The van der Waals surface area contributed by atoms with E-state index in [-0.39, 0.29) is 11.9 Å². The van der Waals surface area contributed by atoms with E-state index in [0.29, 0.717) is 13.0 Å². The minimum absolute atomic E-state index is 0.0402. The number of amides is 1. The van der Waals surface area contributed by atoms with Crippen LogP contribution in [-0.2, 0) is 4.79 Å². The van der Waals surface area contributed by atoms with Crippen molar-refractivity contribution >= 4 is 5.91 Å². The molecular formula is C11H19N3O2. The molecule has 0 bridgehead atoms. The molecule has 1 aromatic rings. The summed E-state index contributed by atoms with van der Waals surface area (Å²) < 4.78 is 5.10. The number of rotatable bonds is 5. The van der Waals surface area contributed by atoms with Crippen LogP contribution in [0, 0.1) is 13.8 Å². The molecule has 5 nitrogen and oxygen atoms in total. The molecule has 0 radical (unpaired) electrons.